The smallest absolute Gasteiger partial charge is 0.246 e. The molecule has 1 aliphatic carbocycles. The second kappa shape index (κ2) is 5.10. The molecule has 1 amide bonds. The summed E-state index contributed by atoms with van der Waals surface area (Å²) < 4.78 is 0. The Balaban J connectivity index is 1.86. The van der Waals surface area contributed by atoms with Crippen LogP contribution in [-0.4, -0.2) is 29.5 Å². The predicted octanol–water partition coefficient (Wildman–Crippen LogP) is 2.68. The van der Waals surface area contributed by atoms with E-state index in [-0.39, 0.29) is 17.4 Å². The van der Waals surface area contributed by atoms with Crippen molar-refractivity contribution in [3.63, 3.8) is 0 Å². The van der Waals surface area contributed by atoms with Gasteiger partial charge in [0.15, 0.2) is 0 Å². The first-order valence-electron chi connectivity index (χ1n) is 8.28. The minimum atomic E-state index is -0.691. The van der Waals surface area contributed by atoms with Gasteiger partial charge in [-0.05, 0) is 31.1 Å². The van der Waals surface area contributed by atoms with Gasteiger partial charge in [0.2, 0.25) is 5.91 Å². The third-order valence-electron chi connectivity index (χ3n) is 5.61. The molecule has 1 aromatic carbocycles. The Kier molecular flexibility index (Phi) is 3.56. The van der Waals surface area contributed by atoms with Crippen molar-refractivity contribution in [2.75, 3.05) is 7.05 Å². The number of hydrogen-bond acceptors (Lipinski definition) is 3. The third kappa shape index (κ3) is 2.36. The van der Waals surface area contributed by atoms with Crippen molar-refractivity contribution < 1.29 is 4.79 Å². The number of hydrogen-bond donors (Lipinski definition) is 2. The number of amides is 1. The van der Waals surface area contributed by atoms with Gasteiger partial charge in [-0.2, -0.15) is 0 Å². The van der Waals surface area contributed by atoms with Gasteiger partial charge in [0, 0.05) is 30.1 Å². The van der Waals surface area contributed by atoms with Crippen molar-refractivity contribution in [3.8, 4) is 0 Å². The Labute approximate surface area is 138 Å². The maximum Gasteiger partial charge on any atom is 0.246 e. The van der Waals surface area contributed by atoms with Gasteiger partial charge in [-0.3, -0.25) is 4.79 Å². The van der Waals surface area contributed by atoms with Crippen LogP contribution >= 0.6 is 0 Å². The molecule has 1 aromatic rings. The molecule has 1 heterocycles. The van der Waals surface area contributed by atoms with Gasteiger partial charge in [0.1, 0.15) is 5.54 Å². The number of hydrazine groups is 1. The monoisotopic (exact) mass is 313 g/mol. The molecule has 23 heavy (non-hydrogen) atoms. The zero-order valence-corrected chi connectivity index (χ0v) is 14.9. The topological polar surface area (TPSA) is 44.4 Å². The Morgan fingerprint density at radius 2 is 1.91 bits per heavy atom. The van der Waals surface area contributed by atoms with E-state index in [1.807, 2.05) is 32.0 Å². The van der Waals surface area contributed by atoms with E-state index in [0.717, 1.165) is 5.70 Å². The van der Waals surface area contributed by atoms with Gasteiger partial charge >= 0.3 is 0 Å². The largest absolute Gasteiger partial charge is 0.350 e. The van der Waals surface area contributed by atoms with Crippen LogP contribution in [0.3, 0.4) is 0 Å². The zero-order chi connectivity index (χ0) is 17.0. The van der Waals surface area contributed by atoms with Gasteiger partial charge in [0.05, 0.1) is 0 Å². The summed E-state index contributed by atoms with van der Waals surface area (Å²) in [7, 11) is 1.93. The van der Waals surface area contributed by atoms with E-state index in [1.54, 1.807) is 0 Å². The fraction of sp³-hybridized carbons (Fsp3) is 0.526. The van der Waals surface area contributed by atoms with Crippen LogP contribution in [-0.2, 0) is 10.2 Å². The minimum absolute atomic E-state index is 0.0268. The average molecular weight is 313 g/mol. The lowest BCUT2D eigenvalue weighted by Crippen LogP contribution is -2.58. The molecule has 0 fully saturated rings. The molecular formula is C19H27N3O. The number of benzene rings is 1. The van der Waals surface area contributed by atoms with Gasteiger partial charge < -0.3 is 10.3 Å². The summed E-state index contributed by atoms with van der Waals surface area (Å²) in [5.41, 5.74) is 6.22. The highest BCUT2D eigenvalue weighted by atomic mass is 16.2. The van der Waals surface area contributed by atoms with Crippen LogP contribution < -0.4 is 10.7 Å². The molecule has 0 radical (unpaired) electrons. The SMILES string of the molecule is CC1=CC(C)(C(=O)NC2[C@H](C)c3ccccc3C2(C)C)NN1C. The molecular weight excluding hydrogens is 286 g/mol. The van der Waals surface area contributed by atoms with Crippen LogP contribution in [0.25, 0.3) is 0 Å². The van der Waals surface area contributed by atoms with Crippen molar-refractivity contribution in [3.05, 3.63) is 47.2 Å². The highest BCUT2D eigenvalue weighted by molar-refractivity contribution is 5.89. The number of nitrogens with zero attached hydrogens (tertiary/aromatic N) is 1. The van der Waals surface area contributed by atoms with Crippen molar-refractivity contribution in [2.45, 2.75) is 57.5 Å². The molecule has 124 valence electrons. The van der Waals surface area contributed by atoms with E-state index in [0.29, 0.717) is 5.92 Å². The highest BCUT2D eigenvalue weighted by Gasteiger charge is 2.47. The van der Waals surface area contributed by atoms with Crippen LogP contribution in [0.4, 0.5) is 0 Å². The molecule has 2 unspecified atom stereocenters. The molecule has 4 nitrogen and oxygen atoms in total. The molecule has 3 atom stereocenters. The fourth-order valence-electron chi connectivity index (χ4n) is 4.15. The van der Waals surface area contributed by atoms with Gasteiger partial charge in [-0.1, -0.05) is 45.0 Å². The lowest BCUT2D eigenvalue weighted by Gasteiger charge is -2.34. The second-order valence-corrected chi connectivity index (χ2v) is 7.71. The van der Waals surface area contributed by atoms with Crippen molar-refractivity contribution in [1.29, 1.82) is 0 Å². The molecule has 2 N–H and O–H groups in total. The molecule has 1 aliphatic heterocycles. The summed E-state index contributed by atoms with van der Waals surface area (Å²) >= 11 is 0. The summed E-state index contributed by atoms with van der Waals surface area (Å²) in [4.78, 5) is 13.0. The van der Waals surface area contributed by atoms with Crippen LogP contribution in [0.5, 0.6) is 0 Å². The number of carbonyl (C=O) groups is 1. The Morgan fingerprint density at radius 1 is 1.26 bits per heavy atom. The van der Waals surface area contributed by atoms with Crippen LogP contribution in [0, 0.1) is 0 Å². The lowest BCUT2D eigenvalue weighted by molar-refractivity contribution is -0.127. The Morgan fingerprint density at radius 3 is 2.48 bits per heavy atom. The van der Waals surface area contributed by atoms with Crippen LogP contribution in [0.15, 0.2) is 36.0 Å². The fourth-order valence-corrected chi connectivity index (χ4v) is 4.15. The van der Waals surface area contributed by atoms with E-state index >= 15 is 0 Å². The third-order valence-corrected chi connectivity index (χ3v) is 5.61. The molecule has 2 aliphatic rings. The minimum Gasteiger partial charge on any atom is -0.350 e. The average Bonchev–Trinajstić information content (AvgIpc) is 2.86. The molecule has 0 saturated carbocycles. The lowest BCUT2D eigenvalue weighted by atomic mass is 9.81. The second-order valence-electron chi connectivity index (χ2n) is 7.71. The first kappa shape index (κ1) is 16.1. The molecule has 0 saturated heterocycles. The first-order chi connectivity index (χ1) is 10.7. The Bertz CT molecular complexity index is 679. The summed E-state index contributed by atoms with van der Waals surface area (Å²) in [6, 6.07) is 8.62. The summed E-state index contributed by atoms with van der Waals surface area (Å²) in [6.07, 6.45) is 1.99. The number of rotatable bonds is 2. The summed E-state index contributed by atoms with van der Waals surface area (Å²) in [5.74, 6) is 0.330. The zero-order valence-electron chi connectivity index (χ0n) is 14.9. The summed E-state index contributed by atoms with van der Waals surface area (Å²) in [6.45, 7) is 10.6. The van der Waals surface area contributed by atoms with Crippen molar-refractivity contribution in [1.82, 2.24) is 15.8 Å². The van der Waals surface area contributed by atoms with Crippen LogP contribution in [0.2, 0.25) is 0 Å². The Hall–Kier alpha value is -1.81. The summed E-state index contributed by atoms with van der Waals surface area (Å²) in [5, 5.41) is 5.22. The standard InChI is InChI=1S/C19H27N3O/c1-12-11-19(5,21-22(12)6)17(23)20-16-13(2)14-9-7-8-10-15(14)18(16,3)4/h7-11,13,16,21H,1-6H3,(H,20,23)/t13-,16?,19?/m1/s1. The van der Waals surface area contributed by atoms with Crippen molar-refractivity contribution >= 4 is 5.91 Å². The van der Waals surface area contributed by atoms with E-state index in [9.17, 15) is 4.79 Å². The van der Waals surface area contributed by atoms with E-state index < -0.39 is 5.54 Å². The van der Waals surface area contributed by atoms with Gasteiger partial charge in [-0.15, -0.1) is 0 Å². The number of allylic oxidation sites excluding steroid dienone is 1. The molecule has 0 spiro atoms. The molecule has 0 aromatic heterocycles. The maximum absolute atomic E-state index is 13.0. The predicted molar refractivity (Wildman–Crippen MR) is 92.9 cm³/mol. The number of fused-ring (bicyclic) bond motifs is 1. The normalized spacial score (nSPS) is 31.7. The van der Waals surface area contributed by atoms with Crippen molar-refractivity contribution in [2.24, 2.45) is 0 Å². The highest BCUT2D eigenvalue weighted by Crippen LogP contribution is 2.45. The molecule has 0 bridgehead atoms. The van der Waals surface area contributed by atoms with Gasteiger partial charge in [0.25, 0.3) is 0 Å². The molecule has 4 heteroatoms. The van der Waals surface area contributed by atoms with E-state index in [2.05, 4.69) is 55.8 Å². The van der Waals surface area contributed by atoms with Crippen LogP contribution in [0.1, 0.15) is 51.7 Å². The van der Waals surface area contributed by atoms with Gasteiger partial charge in [-0.25, -0.2) is 5.43 Å². The number of nitrogens with one attached hydrogen (secondary N) is 2. The van der Waals surface area contributed by atoms with E-state index in [4.69, 9.17) is 0 Å². The molecule has 3 rings (SSSR count). The number of carbonyl (C=O) groups excluding carboxylic acids is 1. The first-order valence-corrected chi connectivity index (χ1v) is 8.28. The quantitative estimate of drug-likeness (QED) is 0.882. The maximum atomic E-state index is 13.0. The van der Waals surface area contributed by atoms with E-state index in [1.165, 1.54) is 11.1 Å².